The summed E-state index contributed by atoms with van der Waals surface area (Å²) in [5.41, 5.74) is 4.25. The Labute approximate surface area is 236 Å². The van der Waals surface area contributed by atoms with Crippen LogP contribution < -0.4 is 20.1 Å². The van der Waals surface area contributed by atoms with Gasteiger partial charge in [-0.3, -0.25) is 4.79 Å². The maximum Gasteiger partial charge on any atom is 0.272 e. The van der Waals surface area contributed by atoms with Crippen molar-refractivity contribution in [1.82, 2.24) is 9.88 Å². The SMILES string of the molecule is C1CCNC1.CCOCc1cccc(NC(=O)c2cc3sccc3n2C)c1COc1ccc(OC)cc1.CO.[HH]. The molecule has 3 N–H and O–H groups in total. The Morgan fingerprint density at radius 2 is 1.79 bits per heavy atom. The molecule has 212 valence electrons. The molecule has 9 heteroatoms. The van der Waals surface area contributed by atoms with Crippen molar-refractivity contribution >= 4 is 33.1 Å². The number of aryl methyl sites for hydroxylation is 1. The molecule has 5 rings (SSSR count). The third kappa shape index (κ3) is 8.31. The molecule has 39 heavy (non-hydrogen) atoms. The summed E-state index contributed by atoms with van der Waals surface area (Å²) in [4.78, 5) is 13.1. The molecule has 0 aliphatic carbocycles. The number of ether oxygens (including phenoxy) is 3. The summed E-state index contributed by atoms with van der Waals surface area (Å²) in [7, 11) is 4.54. The van der Waals surface area contributed by atoms with Gasteiger partial charge in [-0.2, -0.15) is 0 Å². The lowest BCUT2D eigenvalue weighted by Gasteiger charge is -2.17. The molecule has 2 aromatic heterocycles. The topological polar surface area (TPSA) is 94.0 Å². The van der Waals surface area contributed by atoms with Crippen LogP contribution in [0, 0.1) is 0 Å². The van der Waals surface area contributed by atoms with Gasteiger partial charge in [0.05, 0.1) is 23.9 Å². The van der Waals surface area contributed by atoms with E-state index in [1.165, 1.54) is 25.9 Å². The minimum atomic E-state index is -0.157. The molecule has 0 spiro atoms. The molecule has 1 aliphatic rings. The summed E-state index contributed by atoms with van der Waals surface area (Å²) >= 11 is 1.62. The molecule has 0 bridgehead atoms. The molecule has 0 saturated carbocycles. The van der Waals surface area contributed by atoms with Crippen molar-refractivity contribution in [3.63, 3.8) is 0 Å². The number of fused-ring (bicyclic) bond motifs is 1. The molecule has 1 fully saturated rings. The summed E-state index contributed by atoms with van der Waals surface area (Å²) < 4.78 is 19.9. The van der Waals surface area contributed by atoms with Gasteiger partial charge in [-0.05, 0) is 86.3 Å². The molecular formula is C30H41N3O5S. The van der Waals surface area contributed by atoms with Crippen LogP contribution in [0.15, 0.2) is 60.0 Å². The number of aliphatic hydroxyl groups excluding tert-OH is 1. The summed E-state index contributed by atoms with van der Waals surface area (Å²) in [5, 5.41) is 15.3. The molecule has 0 unspecified atom stereocenters. The number of nitrogens with one attached hydrogen (secondary N) is 2. The number of aliphatic hydroxyl groups is 1. The standard InChI is InChI=1S/C25H26N2O4S.C4H9N.CH4O.H2/c1-4-30-15-17-6-5-7-21(20(17)16-31-19-10-8-18(29-3)9-11-19)26-25(28)23-14-24-22(27(23)2)12-13-32-24;1-2-4-5-3-1;1-2;/h5-14H,4,15-16H2,1-3H3,(H,26,28);5H,1-4H2;2H,1H3;1H. The van der Waals surface area contributed by atoms with Crippen LogP contribution in [0.2, 0.25) is 0 Å². The molecule has 1 saturated heterocycles. The molecule has 4 aromatic rings. The number of carbonyl (C=O) groups is 1. The number of rotatable bonds is 9. The van der Waals surface area contributed by atoms with Gasteiger partial charge < -0.3 is 34.5 Å². The van der Waals surface area contributed by atoms with Gasteiger partial charge in [0, 0.05) is 33.4 Å². The van der Waals surface area contributed by atoms with E-state index < -0.39 is 0 Å². The second-order valence-electron chi connectivity index (χ2n) is 8.71. The van der Waals surface area contributed by atoms with Crippen molar-refractivity contribution in [2.24, 2.45) is 7.05 Å². The van der Waals surface area contributed by atoms with Crippen molar-refractivity contribution in [3.8, 4) is 11.5 Å². The molecule has 0 radical (unpaired) electrons. The molecule has 1 aliphatic heterocycles. The van der Waals surface area contributed by atoms with Gasteiger partial charge in [0.15, 0.2) is 0 Å². The monoisotopic (exact) mass is 555 g/mol. The van der Waals surface area contributed by atoms with Crippen molar-refractivity contribution in [1.29, 1.82) is 0 Å². The van der Waals surface area contributed by atoms with E-state index >= 15 is 0 Å². The van der Waals surface area contributed by atoms with Gasteiger partial charge in [0.1, 0.15) is 23.8 Å². The van der Waals surface area contributed by atoms with Crippen LogP contribution >= 0.6 is 11.3 Å². The summed E-state index contributed by atoms with van der Waals surface area (Å²) in [6.45, 7) is 5.81. The van der Waals surface area contributed by atoms with E-state index in [0.717, 1.165) is 40.0 Å². The predicted octanol–water partition coefficient (Wildman–Crippen LogP) is 5.84. The van der Waals surface area contributed by atoms with Crippen LogP contribution in [0.25, 0.3) is 10.2 Å². The Kier molecular flexibility index (Phi) is 12.3. The maximum absolute atomic E-state index is 13.1. The fourth-order valence-electron chi connectivity index (χ4n) is 4.18. The van der Waals surface area contributed by atoms with Gasteiger partial charge >= 0.3 is 0 Å². The van der Waals surface area contributed by atoms with Crippen molar-refractivity contribution in [3.05, 3.63) is 76.8 Å². The second-order valence-corrected chi connectivity index (χ2v) is 9.66. The summed E-state index contributed by atoms with van der Waals surface area (Å²) in [5.74, 6) is 1.33. The van der Waals surface area contributed by atoms with Crippen LogP contribution in [0.4, 0.5) is 5.69 Å². The normalized spacial score (nSPS) is 12.2. The van der Waals surface area contributed by atoms with Crippen LogP contribution in [-0.4, -0.2) is 49.5 Å². The third-order valence-electron chi connectivity index (χ3n) is 6.28. The highest BCUT2D eigenvalue weighted by Crippen LogP contribution is 2.27. The van der Waals surface area contributed by atoms with Gasteiger partial charge in [-0.15, -0.1) is 11.3 Å². The van der Waals surface area contributed by atoms with E-state index in [4.69, 9.17) is 19.3 Å². The number of methoxy groups -OCH3 is 1. The molecule has 1 amide bonds. The zero-order chi connectivity index (χ0) is 28.0. The van der Waals surface area contributed by atoms with Crippen molar-refractivity contribution in [2.75, 3.05) is 39.2 Å². The van der Waals surface area contributed by atoms with Crippen molar-refractivity contribution < 1.29 is 25.5 Å². The number of nitrogens with zero attached hydrogens (tertiary/aromatic N) is 1. The van der Waals surface area contributed by atoms with Crippen molar-refractivity contribution in [2.45, 2.75) is 33.0 Å². The third-order valence-corrected chi connectivity index (χ3v) is 7.13. The summed E-state index contributed by atoms with van der Waals surface area (Å²) in [6, 6.07) is 17.2. The first-order valence-electron chi connectivity index (χ1n) is 13.1. The van der Waals surface area contributed by atoms with Gasteiger partial charge in [-0.1, -0.05) is 12.1 Å². The molecule has 3 heterocycles. The van der Waals surface area contributed by atoms with Crippen LogP contribution in [0.1, 0.15) is 42.8 Å². The highest BCUT2D eigenvalue weighted by Gasteiger charge is 2.17. The number of carbonyl (C=O) groups excluding carboxylic acids is 1. The van der Waals surface area contributed by atoms with E-state index in [1.54, 1.807) is 18.4 Å². The fraction of sp³-hybridized carbons (Fsp3) is 0.367. The lowest BCUT2D eigenvalue weighted by atomic mass is 10.1. The zero-order valence-corrected chi connectivity index (χ0v) is 24.0. The minimum Gasteiger partial charge on any atom is -0.497 e. The molecule has 2 aromatic carbocycles. The smallest absolute Gasteiger partial charge is 0.272 e. The number of thiophene rings is 1. The highest BCUT2D eigenvalue weighted by molar-refractivity contribution is 7.17. The first-order valence-corrected chi connectivity index (χ1v) is 13.9. The molecule has 8 nitrogen and oxygen atoms in total. The number of aromatic nitrogens is 1. The number of benzene rings is 2. The van der Waals surface area contributed by atoms with E-state index in [0.29, 0.717) is 31.2 Å². The Morgan fingerprint density at radius 3 is 2.41 bits per heavy atom. The van der Waals surface area contributed by atoms with E-state index in [2.05, 4.69) is 10.6 Å². The van der Waals surface area contributed by atoms with Crippen LogP contribution in [0.3, 0.4) is 0 Å². The first kappa shape index (κ1) is 30.2. The molecular weight excluding hydrogens is 514 g/mol. The number of amides is 1. The first-order chi connectivity index (χ1) is 19.1. The second kappa shape index (κ2) is 15.9. The van der Waals surface area contributed by atoms with Gasteiger partial charge in [-0.25, -0.2) is 0 Å². The Bertz CT molecular complexity index is 1300. The van der Waals surface area contributed by atoms with E-state index in [-0.39, 0.29) is 7.33 Å². The minimum absolute atomic E-state index is 0. The Balaban J connectivity index is 0.000000621. The maximum atomic E-state index is 13.1. The predicted molar refractivity (Wildman–Crippen MR) is 160 cm³/mol. The Morgan fingerprint density at radius 1 is 1.08 bits per heavy atom. The summed E-state index contributed by atoms with van der Waals surface area (Å²) in [6.07, 6.45) is 2.78. The zero-order valence-electron chi connectivity index (χ0n) is 23.2. The number of anilines is 1. The number of hydrogen-bond donors (Lipinski definition) is 3. The van der Waals surface area contributed by atoms with Crippen LogP contribution in [-0.2, 0) is 25.0 Å². The number of hydrogen-bond acceptors (Lipinski definition) is 7. The lowest BCUT2D eigenvalue weighted by molar-refractivity contribution is 0.101. The van der Waals surface area contributed by atoms with Gasteiger partial charge in [0.25, 0.3) is 5.91 Å². The largest absolute Gasteiger partial charge is 0.497 e. The van der Waals surface area contributed by atoms with E-state index in [1.807, 2.05) is 78.5 Å². The van der Waals surface area contributed by atoms with Gasteiger partial charge in [0.2, 0.25) is 0 Å². The average molecular weight is 556 g/mol. The molecule has 0 atom stereocenters. The quantitative estimate of drug-likeness (QED) is 0.240. The van der Waals surface area contributed by atoms with E-state index in [9.17, 15) is 4.79 Å². The Hall–Kier alpha value is -3.37. The van der Waals surface area contributed by atoms with Crippen LogP contribution in [0.5, 0.6) is 11.5 Å². The average Bonchev–Trinajstić information content (AvgIpc) is 3.75. The lowest BCUT2D eigenvalue weighted by Crippen LogP contribution is -2.18. The highest BCUT2D eigenvalue weighted by atomic mass is 32.1. The fourth-order valence-corrected chi connectivity index (χ4v) is 5.03.